The Morgan fingerprint density at radius 3 is 2.25 bits per heavy atom. The number of nitrogens with one attached hydrogen (secondary N) is 1. The van der Waals surface area contributed by atoms with Crippen LogP contribution in [0.25, 0.3) is 0 Å². The van der Waals surface area contributed by atoms with Crippen LogP contribution in [0.4, 0.5) is 0 Å². The number of carbonyl (C=O) groups excluding carboxylic acids is 1. The maximum Gasteiger partial charge on any atom is 0.160 e. The van der Waals surface area contributed by atoms with Gasteiger partial charge in [0.15, 0.2) is 17.3 Å². The van der Waals surface area contributed by atoms with Crippen LogP contribution in [0, 0.1) is 5.41 Å². The maximum atomic E-state index is 12.4. The minimum Gasteiger partial charge on any atom is -0.493 e. The number of carbonyl (C=O) groups is 1. The van der Waals surface area contributed by atoms with Crippen LogP contribution in [0.15, 0.2) is 18.2 Å². The van der Waals surface area contributed by atoms with Crippen LogP contribution in [0.1, 0.15) is 26.3 Å². The average molecular weight is 279 g/mol. The summed E-state index contributed by atoms with van der Waals surface area (Å²) in [6.07, 6.45) is 0.632. The highest BCUT2D eigenvalue weighted by Crippen LogP contribution is 2.28. The lowest BCUT2D eigenvalue weighted by atomic mass is 9.84. The Balaban J connectivity index is 2.93. The minimum absolute atomic E-state index is 0.201. The topological polar surface area (TPSA) is 47.6 Å². The van der Waals surface area contributed by atoms with E-state index in [1.54, 1.807) is 14.2 Å². The number of rotatable bonds is 6. The summed E-state index contributed by atoms with van der Waals surface area (Å²) in [5.74, 6) is 1.58. The molecule has 1 unspecified atom stereocenters. The van der Waals surface area contributed by atoms with Gasteiger partial charge < -0.3 is 14.8 Å². The van der Waals surface area contributed by atoms with E-state index in [0.29, 0.717) is 17.9 Å². The largest absolute Gasteiger partial charge is 0.493 e. The molecule has 0 saturated carbocycles. The molecular formula is C16H25NO3. The van der Waals surface area contributed by atoms with Crippen LogP contribution < -0.4 is 14.8 Å². The Labute approximate surface area is 121 Å². The second-order valence-electron chi connectivity index (χ2n) is 5.85. The summed E-state index contributed by atoms with van der Waals surface area (Å²) in [7, 11) is 5.03. The highest BCUT2D eigenvalue weighted by atomic mass is 16.5. The van der Waals surface area contributed by atoms with Gasteiger partial charge in [0.2, 0.25) is 0 Å². The number of Topliss-reactive ketones (excluding diaryl/α,β-unsaturated/α-hetero) is 1. The fraction of sp³-hybridized carbons (Fsp3) is 0.562. The van der Waals surface area contributed by atoms with Crippen molar-refractivity contribution in [3.8, 4) is 11.5 Å². The van der Waals surface area contributed by atoms with Gasteiger partial charge in [-0.2, -0.15) is 0 Å². The van der Waals surface area contributed by atoms with Crippen molar-refractivity contribution in [1.82, 2.24) is 5.32 Å². The average Bonchev–Trinajstić information content (AvgIpc) is 2.42. The Morgan fingerprint density at radius 1 is 1.20 bits per heavy atom. The van der Waals surface area contributed by atoms with E-state index in [-0.39, 0.29) is 17.2 Å². The second kappa shape index (κ2) is 6.75. The molecule has 112 valence electrons. The minimum atomic E-state index is -0.357. The molecule has 1 atom stereocenters. The molecule has 20 heavy (non-hydrogen) atoms. The molecule has 4 heteroatoms. The van der Waals surface area contributed by atoms with Crippen molar-refractivity contribution in [2.75, 3.05) is 21.3 Å². The van der Waals surface area contributed by atoms with E-state index in [1.165, 1.54) is 0 Å². The molecule has 0 spiro atoms. The summed E-state index contributed by atoms with van der Waals surface area (Å²) in [4.78, 5) is 12.4. The number of hydrogen-bond acceptors (Lipinski definition) is 4. The molecule has 0 aromatic heterocycles. The third-order valence-corrected chi connectivity index (χ3v) is 3.29. The summed E-state index contributed by atoms with van der Waals surface area (Å²) < 4.78 is 10.5. The van der Waals surface area contributed by atoms with Gasteiger partial charge in [0.05, 0.1) is 20.3 Å². The van der Waals surface area contributed by atoms with Gasteiger partial charge in [-0.25, -0.2) is 0 Å². The van der Waals surface area contributed by atoms with Gasteiger partial charge >= 0.3 is 0 Å². The molecule has 0 heterocycles. The molecule has 1 aromatic carbocycles. The van der Waals surface area contributed by atoms with Crippen molar-refractivity contribution in [3.63, 3.8) is 0 Å². The molecule has 0 radical (unpaired) electrons. The van der Waals surface area contributed by atoms with Gasteiger partial charge in [0.25, 0.3) is 0 Å². The molecule has 0 aliphatic heterocycles. The van der Waals surface area contributed by atoms with Crippen LogP contribution in [0.5, 0.6) is 11.5 Å². The molecule has 0 amide bonds. The van der Waals surface area contributed by atoms with Gasteiger partial charge in [-0.05, 0) is 31.2 Å². The normalized spacial score (nSPS) is 12.9. The van der Waals surface area contributed by atoms with Crippen LogP contribution in [0.3, 0.4) is 0 Å². The van der Waals surface area contributed by atoms with Gasteiger partial charge in [-0.3, -0.25) is 4.79 Å². The van der Waals surface area contributed by atoms with Crippen molar-refractivity contribution in [3.05, 3.63) is 23.8 Å². The van der Waals surface area contributed by atoms with E-state index in [2.05, 4.69) is 5.32 Å². The molecule has 1 N–H and O–H groups in total. The highest BCUT2D eigenvalue weighted by molar-refractivity contribution is 5.89. The zero-order valence-corrected chi connectivity index (χ0v) is 13.2. The fourth-order valence-corrected chi connectivity index (χ4v) is 2.09. The monoisotopic (exact) mass is 279 g/mol. The highest BCUT2D eigenvalue weighted by Gasteiger charge is 2.28. The lowest BCUT2D eigenvalue weighted by Crippen LogP contribution is -2.42. The zero-order valence-electron chi connectivity index (χ0n) is 13.2. The molecule has 1 rings (SSSR count). The van der Waals surface area contributed by atoms with Crippen molar-refractivity contribution in [2.45, 2.75) is 33.2 Å². The SMILES string of the molecule is CNC(Cc1ccc(OC)c(OC)c1)C(=O)C(C)(C)C. The Bertz CT molecular complexity index is 463. The first-order valence-corrected chi connectivity index (χ1v) is 6.76. The zero-order chi connectivity index (χ0) is 15.3. The molecule has 0 saturated heterocycles. The maximum absolute atomic E-state index is 12.4. The lowest BCUT2D eigenvalue weighted by Gasteiger charge is -2.24. The number of hydrogen-bond donors (Lipinski definition) is 1. The summed E-state index contributed by atoms with van der Waals surface area (Å²) in [6.45, 7) is 5.82. The summed E-state index contributed by atoms with van der Waals surface area (Å²) in [6, 6.07) is 5.54. The van der Waals surface area contributed by atoms with Crippen molar-refractivity contribution in [1.29, 1.82) is 0 Å². The number of ketones is 1. The lowest BCUT2D eigenvalue weighted by molar-refractivity contribution is -0.128. The van der Waals surface area contributed by atoms with E-state index in [1.807, 2.05) is 46.0 Å². The Hall–Kier alpha value is -1.55. The molecule has 0 aliphatic carbocycles. The summed E-state index contributed by atoms with van der Waals surface area (Å²) in [5.41, 5.74) is 0.684. The number of benzene rings is 1. The van der Waals surface area contributed by atoms with E-state index >= 15 is 0 Å². The van der Waals surface area contributed by atoms with E-state index in [0.717, 1.165) is 5.56 Å². The van der Waals surface area contributed by atoms with Crippen LogP contribution in [-0.4, -0.2) is 33.1 Å². The van der Waals surface area contributed by atoms with E-state index < -0.39 is 0 Å². The van der Waals surface area contributed by atoms with E-state index in [9.17, 15) is 4.79 Å². The standard InChI is InChI=1S/C16H25NO3/c1-16(2,3)15(18)12(17-4)9-11-7-8-13(19-5)14(10-11)20-6/h7-8,10,12,17H,9H2,1-6H3. The van der Waals surface area contributed by atoms with Crippen molar-refractivity contribution < 1.29 is 14.3 Å². The Kier molecular flexibility index (Phi) is 5.57. The van der Waals surface area contributed by atoms with Gasteiger partial charge in [0.1, 0.15) is 0 Å². The predicted octanol–water partition coefficient (Wildman–Crippen LogP) is 2.45. The predicted molar refractivity (Wildman–Crippen MR) is 80.6 cm³/mol. The first kappa shape index (κ1) is 16.5. The van der Waals surface area contributed by atoms with Gasteiger partial charge in [0, 0.05) is 5.41 Å². The number of ether oxygens (including phenoxy) is 2. The van der Waals surface area contributed by atoms with Crippen LogP contribution >= 0.6 is 0 Å². The van der Waals surface area contributed by atoms with Crippen molar-refractivity contribution >= 4 is 5.78 Å². The Morgan fingerprint density at radius 2 is 1.80 bits per heavy atom. The van der Waals surface area contributed by atoms with E-state index in [4.69, 9.17) is 9.47 Å². The molecule has 0 aliphatic rings. The number of likely N-dealkylation sites (N-methyl/N-ethyl adjacent to an activating group) is 1. The second-order valence-corrected chi connectivity index (χ2v) is 5.85. The third kappa shape index (κ3) is 3.97. The smallest absolute Gasteiger partial charge is 0.160 e. The summed E-state index contributed by atoms with van der Waals surface area (Å²) in [5, 5.41) is 3.10. The third-order valence-electron chi connectivity index (χ3n) is 3.29. The summed E-state index contributed by atoms with van der Waals surface area (Å²) >= 11 is 0. The van der Waals surface area contributed by atoms with Crippen LogP contribution in [0.2, 0.25) is 0 Å². The molecule has 0 bridgehead atoms. The number of methoxy groups -OCH3 is 2. The first-order chi connectivity index (χ1) is 9.33. The quantitative estimate of drug-likeness (QED) is 0.869. The van der Waals surface area contributed by atoms with Crippen LogP contribution in [-0.2, 0) is 11.2 Å². The molecule has 0 fully saturated rings. The van der Waals surface area contributed by atoms with Gasteiger partial charge in [-0.1, -0.05) is 26.8 Å². The van der Waals surface area contributed by atoms with Gasteiger partial charge in [-0.15, -0.1) is 0 Å². The fourth-order valence-electron chi connectivity index (χ4n) is 2.09. The first-order valence-electron chi connectivity index (χ1n) is 6.76. The van der Waals surface area contributed by atoms with Crippen molar-refractivity contribution in [2.24, 2.45) is 5.41 Å². The molecule has 1 aromatic rings. The molecule has 4 nitrogen and oxygen atoms in total. The molecular weight excluding hydrogens is 254 g/mol.